The smallest absolute Gasteiger partial charge is 0.341 e. The Labute approximate surface area is 120 Å². The number of aliphatic hydroxyl groups is 1. The summed E-state index contributed by atoms with van der Waals surface area (Å²) in [6.45, 7) is 0.348. The molecule has 20 heavy (non-hydrogen) atoms. The molecule has 1 aromatic rings. The van der Waals surface area contributed by atoms with Crippen molar-refractivity contribution in [3.05, 3.63) is 24.3 Å². The van der Waals surface area contributed by atoms with Gasteiger partial charge < -0.3 is 10.4 Å². The van der Waals surface area contributed by atoms with Gasteiger partial charge in [0.25, 0.3) is 0 Å². The van der Waals surface area contributed by atoms with Gasteiger partial charge in [0.15, 0.2) is 0 Å². The maximum atomic E-state index is 12.4. The lowest BCUT2D eigenvalue weighted by molar-refractivity contribution is 0.0820. The molecule has 0 spiro atoms. The molecular formula is C12H15F2NO3S2. The number of thioether (sulfide) groups is 1. The van der Waals surface area contributed by atoms with E-state index in [1.165, 1.54) is 12.1 Å². The molecule has 1 saturated heterocycles. The third-order valence-electron chi connectivity index (χ3n) is 3.12. The summed E-state index contributed by atoms with van der Waals surface area (Å²) in [5.41, 5.74) is -0.179. The summed E-state index contributed by atoms with van der Waals surface area (Å²) in [5, 5.41) is 13.1. The standard InChI is InChI=1S/C12H15F2NO3S2/c13-11(14)20(17,18)10-3-1-9(2-4-10)15-7-12(16)5-6-19-8-12/h1-4,11,15-16H,5-8H2. The molecule has 1 heterocycles. The van der Waals surface area contributed by atoms with Crippen molar-refractivity contribution >= 4 is 27.3 Å². The molecule has 1 aromatic carbocycles. The van der Waals surface area contributed by atoms with Crippen LogP contribution in [0.2, 0.25) is 0 Å². The van der Waals surface area contributed by atoms with E-state index >= 15 is 0 Å². The van der Waals surface area contributed by atoms with Crippen LogP contribution in [0.3, 0.4) is 0 Å². The van der Waals surface area contributed by atoms with E-state index in [1.54, 1.807) is 11.8 Å². The second kappa shape index (κ2) is 5.87. The maximum absolute atomic E-state index is 12.4. The van der Waals surface area contributed by atoms with Crippen molar-refractivity contribution < 1.29 is 22.3 Å². The molecule has 0 aromatic heterocycles. The first kappa shape index (κ1) is 15.5. The van der Waals surface area contributed by atoms with E-state index in [9.17, 15) is 22.3 Å². The fourth-order valence-electron chi connectivity index (χ4n) is 1.87. The number of hydrogen-bond acceptors (Lipinski definition) is 5. The van der Waals surface area contributed by atoms with Gasteiger partial charge in [0.05, 0.1) is 10.5 Å². The molecule has 0 bridgehead atoms. The number of alkyl halides is 2. The van der Waals surface area contributed by atoms with Crippen LogP contribution in [0.4, 0.5) is 14.5 Å². The average Bonchev–Trinajstić information content (AvgIpc) is 2.84. The summed E-state index contributed by atoms with van der Waals surface area (Å²) in [4.78, 5) is -0.409. The van der Waals surface area contributed by atoms with E-state index in [0.717, 1.165) is 17.9 Å². The van der Waals surface area contributed by atoms with E-state index in [1.807, 2.05) is 0 Å². The highest BCUT2D eigenvalue weighted by Crippen LogP contribution is 2.28. The maximum Gasteiger partial charge on any atom is 0.341 e. The van der Waals surface area contributed by atoms with Gasteiger partial charge in [0, 0.05) is 18.0 Å². The van der Waals surface area contributed by atoms with Crippen LogP contribution in [0, 0.1) is 0 Å². The summed E-state index contributed by atoms with van der Waals surface area (Å²) in [5.74, 6) is -1.86. The van der Waals surface area contributed by atoms with Crippen LogP contribution in [0.5, 0.6) is 0 Å². The third-order valence-corrected chi connectivity index (χ3v) is 5.75. The summed E-state index contributed by atoms with van der Waals surface area (Å²) in [6, 6.07) is 5.11. The molecule has 1 atom stereocenters. The van der Waals surface area contributed by atoms with Crippen molar-refractivity contribution in [1.29, 1.82) is 0 Å². The van der Waals surface area contributed by atoms with Crippen LogP contribution in [-0.4, -0.2) is 42.9 Å². The van der Waals surface area contributed by atoms with Crippen molar-refractivity contribution in [2.45, 2.75) is 22.7 Å². The van der Waals surface area contributed by atoms with Crippen molar-refractivity contribution in [2.24, 2.45) is 0 Å². The highest BCUT2D eigenvalue weighted by molar-refractivity contribution is 7.99. The molecular weight excluding hydrogens is 308 g/mol. The lowest BCUT2D eigenvalue weighted by Gasteiger charge is -2.22. The molecule has 8 heteroatoms. The second-order valence-corrected chi connectivity index (χ2v) is 7.73. The molecule has 0 radical (unpaired) electrons. The van der Waals surface area contributed by atoms with Crippen LogP contribution in [0.25, 0.3) is 0 Å². The van der Waals surface area contributed by atoms with E-state index < -0.39 is 26.1 Å². The molecule has 4 nitrogen and oxygen atoms in total. The van der Waals surface area contributed by atoms with Crippen molar-refractivity contribution in [2.75, 3.05) is 23.4 Å². The number of sulfone groups is 1. The number of benzene rings is 1. The van der Waals surface area contributed by atoms with Crippen LogP contribution in [0.1, 0.15) is 6.42 Å². The fourth-order valence-corrected chi connectivity index (χ4v) is 3.88. The zero-order chi connectivity index (χ0) is 14.8. The highest BCUT2D eigenvalue weighted by atomic mass is 32.2. The fraction of sp³-hybridized carbons (Fsp3) is 0.500. The van der Waals surface area contributed by atoms with Crippen molar-refractivity contribution in [3.8, 4) is 0 Å². The van der Waals surface area contributed by atoms with E-state index in [-0.39, 0.29) is 0 Å². The molecule has 112 valence electrons. The minimum atomic E-state index is -4.55. The SMILES string of the molecule is O=S(=O)(c1ccc(NCC2(O)CCSC2)cc1)C(F)F. The Balaban J connectivity index is 2.02. The average molecular weight is 323 g/mol. The molecule has 2 rings (SSSR count). The quantitative estimate of drug-likeness (QED) is 0.867. The van der Waals surface area contributed by atoms with Crippen molar-refractivity contribution in [3.63, 3.8) is 0 Å². The van der Waals surface area contributed by atoms with Gasteiger partial charge in [-0.1, -0.05) is 0 Å². The predicted molar refractivity (Wildman–Crippen MR) is 75.0 cm³/mol. The second-order valence-electron chi connectivity index (χ2n) is 4.71. The Bertz CT molecular complexity index is 555. The lowest BCUT2D eigenvalue weighted by atomic mass is 10.0. The summed E-state index contributed by atoms with van der Waals surface area (Å²) >= 11 is 1.67. The minimum Gasteiger partial charge on any atom is -0.387 e. The first-order chi connectivity index (χ1) is 9.33. The number of hydrogen-bond donors (Lipinski definition) is 2. The monoisotopic (exact) mass is 323 g/mol. The lowest BCUT2D eigenvalue weighted by Crippen LogP contribution is -2.36. The third kappa shape index (κ3) is 3.42. The van der Waals surface area contributed by atoms with Gasteiger partial charge in [-0.2, -0.15) is 20.5 Å². The molecule has 0 amide bonds. The number of anilines is 1. The molecule has 1 aliphatic heterocycles. The van der Waals surface area contributed by atoms with Gasteiger partial charge in [-0.05, 0) is 36.4 Å². The molecule has 1 fully saturated rings. The van der Waals surface area contributed by atoms with Gasteiger partial charge in [-0.15, -0.1) is 0 Å². The van der Waals surface area contributed by atoms with Crippen LogP contribution in [0.15, 0.2) is 29.2 Å². The number of nitrogens with one attached hydrogen (secondary N) is 1. The Hall–Kier alpha value is -0.860. The van der Waals surface area contributed by atoms with Gasteiger partial charge in [-0.3, -0.25) is 0 Å². The predicted octanol–water partition coefficient (Wildman–Crippen LogP) is 1.96. The Morgan fingerprint density at radius 3 is 2.50 bits per heavy atom. The van der Waals surface area contributed by atoms with Crippen molar-refractivity contribution in [1.82, 2.24) is 0 Å². The molecule has 0 aliphatic carbocycles. The Morgan fingerprint density at radius 1 is 1.35 bits per heavy atom. The van der Waals surface area contributed by atoms with Crippen LogP contribution in [-0.2, 0) is 9.84 Å². The highest BCUT2D eigenvalue weighted by Gasteiger charge is 2.31. The summed E-state index contributed by atoms with van der Waals surface area (Å²) < 4.78 is 47.2. The van der Waals surface area contributed by atoms with Gasteiger partial charge >= 0.3 is 5.76 Å². The van der Waals surface area contributed by atoms with E-state index in [2.05, 4.69) is 5.32 Å². The summed E-state index contributed by atoms with van der Waals surface area (Å²) in [7, 11) is -4.55. The Kier molecular flexibility index (Phi) is 4.55. The molecule has 2 N–H and O–H groups in total. The molecule has 1 aliphatic rings. The number of rotatable bonds is 5. The number of halogens is 2. The van der Waals surface area contributed by atoms with E-state index in [4.69, 9.17) is 0 Å². The topological polar surface area (TPSA) is 66.4 Å². The molecule has 1 unspecified atom stereocenters. The van der Waals surface area contributed by atoms with Gasteiger partial charge in [-0.25, -0.2) is 8.42 Å². The zero-order valence-electron chi connectivity index (χ0n) is 10.6. The first-order valence-corrected chi connectivity index (χ1v) is 8.70. The largest absolute Gasteiger partial charge is 0.387 e. The van der Waals surface area contributed by atoms with E-state index in [0.29, 0.717) is 24.4 Å². The Morgan fingerprint density at radius 2 is 2.00 bits per heavy atom. The van der Waals surface area contributed by atoms with Crippen LogP contribution >= 0.6 is 11.8 Å². The van der Waals surface area contributed by atoms with Gasteiger partial charge in [0.2, 0.25) is 9.84 Å². The summed E-state index contributed by atoms with van der Waals surface area (Å²) in [6.07, 6.45) is 0.697. The first-order valence-electron chi connectivity index (χ1n) is 6.00. The van der Waals surface area contributed by atoms with Gasteiger partial charge in [0.1, 0.15) is 0 Å². The zero-order valence-corrected chi connectivity index (χ0v) is 12.2. The normalized spacial score (nSPS) is 23.2. The minimum absolute atomic E-state index is 0.348. The molecule has 0 saturated carbocycles. The van der Waals surface area contributed by atoms with Crippen LogP contribution < -0.4 is 5.32 Å².